The maximum absolute atomic E-state index is 13.3. The Morgan fingerprint density at radius 1 is 1.26 bits per heavy atom. The molecule has 0 spiro atoms. The van der Waals surface area contributed by atoms with Crippen molar-refractivity contribution in [3.05, 3.63) is 70.1 Å². The van der Waals surface area contributed by atoms with Crippen molar-refractivity contribution >= 4 is 28.4 Å². The van der Waals surface area contributed by atoms with Crippen LogP contribution in [0.1, 0.15) is 21.6 Å². The molecule has 2 aromatic carbocycles. The van der Waals surface area contributed by atoms with Gasteiger partial charge < -0.3 is 10.3 Å². The summed E-state index contributed by atoms with van der Waals surface area (Å²) in [7, 11) is 0. The number of hydrogen-bond donors (Lipinski definition) is 2. The molecule has 1 amide bonds. The van der Waals surface area contributed by atoms with E-state index in [1.54, 1.807) is 6.07 Å². The lowest BCUT2D eigenvalue weighted by molar-refractivity contribution is 0.0949. The van der Waals surface area contributed by atoms with E-state index in [-0.39, 0.29) is 11.7 Å². The lowest BCUT2D eigenvalue weighted by Crippen LogP contribution is -2.26. The van der Waals surface area contributed by atoms with E-state index in [4.69, 9.17) is 11.6 Å². The molecule has 0 bridgehead atoms. The van der Waals surface area contributed by atoms with Gasteiger partial charge in [0.2, 0.25) is 0 Å². The first-order chi connectivity index (χ1) is 11.0. The molecule has 1 heterocycles. The number of hydrogen-bond acceptors (Lipinski definition) is 1. The zero-order chi connectivity index (χ0) is 16.4. The molecule has 0 unspecified atom stereocenters. The van der Waals surface area contributed by atoms with Crippen LogP contribution >= 0.6 is 11.6 Å². The first-order valence-corrected chi connectivity index (χ1v) is 7.73. The summed E-state index contributed by atoms with van der Waals surface area (Å²) >= 11 is 5.94. The van der Waals surface area contributed by atoms with Crippen LogP contribution < -0.4 is 5.32 Å². The molecule has 0 aliphatic rings. The molecule has 0 radical (unpaired) electrons. The third kappa shape index (κ3) is 3.37. The fraction of sp³-hybridized carbons (Fsp3) is 0.167. The molecule has 3 rings (SSSR count). The summed E-state index contributed by atoms with van der Waals surface area (Å²) in [6.07, 6.45) is 0.695. The van der Waals surface area contributed by atoms with Crippen LogP contribution in [0.5, 0.6) is 0 Å². The maximum atomic E-state index is 13.3. The van der Waals surface area contributed by atoms with Crippen molar-refractivity contribution in [3.8, 4) is 0 Å². The minimum Gasteiger partial charge on any atom is -0.350 e. The van der Waals surface area contributed by atoms with Crippen molar-refractivity contribution in [2.24, 2.45) is 0 Å². The number of aromatic amines is 1. The molecule has 0 aliphatic heterocycles. The average Bonchev–Trinajstić information content (AvgIpc) is 2.83. The van der Waals surface area contributed by atoms with Gasteiger partial charge in [0, 0.05) is 22.5 Å². The number of halogens is 2. The number of carbonyl (C=O) groups excluding carboxylic acids is 1. The molecule has 0 saturated heterocycles. The van der Waals surface area contributed by atoms with Gasteiger partial charge in [-0.3, -0.25) is 4.79 Å². The summed E-state index contributed by atoms with van der Waals surface area (Å²) in [5.41, 5.74) is 2.98. The van der Waals surface area contributed by atoms with Crippen LogP contribution in [0.15, 0.2) is 42.5 Å². The van der Waals surface area contributed by atoms with Gasteiger partial charge in [0.15, 0.2) is 0 Å². The number of aryl methyl sites for hydroxylation is 1. The highest BCUT2D eigenvalue weighted by molar-refractivity contribution is 6.30. The minimum atomic E-state index is -0.327. The molecule has 5 heteroatoms. The molecule has 0 aliphatic carbocycles. The van der Waals surface area contributed by atoms with Crippen molar-refractivity contribution in [2.45, 2.75) is 13.3 Å². The normalized spacial score (nSPS) is 10.9. The van der Waals surface area contributed by atoms with Gasteiger partial charge in [-0.25, -0.2) is 4.39 Å². The number of H-pyrrole nitrogens is 1. The zero-order valence-corrected chi connectivity index (χ0v) is 13.4. The van der Waals surface area contributed by atoms with E-state index in [9.17, 15) is 9.18 Å². The quantitative estimate of drug-likeness (QED) is 0.738. The Morgan fingerprint density at radius 3 is 2.87 bits per heavy atom. The fourth-order valence-corrected chi connectivity index (χ4v) is 2.85. The first-order valence-electron chi connectivity index (χ1n) is 7.35. The topological polar surface area (TPSA) is 44.9 Å². The van der Waals surface area contributed by atoms with Gasteiger partial charge in [0.05, 0.1) is 0 Å². The summed E-state index contributed by atoms with van der Waals surface area (Å²) < 4.78 is 13.3. The lowest BCUT2D eigenvalue weighted by Gasteiger charge is -2.05. The fourth-order valence-electron chi connectivity index (χ4n) is 2.64. The second-order valence-corrected chi connectivity index (χ2v) is 5.89. The summed E-state index contributed by atoms with van der Waals surface area (Å²) in [4.78, 5) is 15.3. The van der Waals surface area contributed by atoms with Gasteiger partial charge in [0.1, 0.15) is 11.5 Å². The van der Waals surface area contributed by atoms with Crippen LogP contribution in [-0.4, -0.2) is 17.4 Å². The number of rotatable bonds is 4. The van der Waals surface area contributed by atoms with Gasteiger partial charge in [-0.2, -0.15) is 0 Å². The molecule has 1 aromatic heterocycles. The molecule has 23 heavy (non-hydrogen) atoms. The van der Waals surface area contributed by atoms with Gasteiger partial charge in [-0.05, 0) is 54.8 Å². The van der Waals surface area contributed by atoms with Crippen LogP contribution in [0.25, 0.3) is 10.9 Å². The number of benzene rings is 2. The largest absolute Gasteiger partial charge is 0.350 e. The number of carbonyl (C=O) groups is 1. The summed E-state index contributed by atoms with van der Waals surface area (Å²) in [5.74, 6) is -0.521. The van der Waals surface area contributed by atoms with Crippen LogP contribution in [0.2, 0.25) is 5.02 Å². The Hall–Kier alpha value is -2.33. The number of nitrogens with one attached hydrogen (secondary N) is 2. The Labute approximate surface area is 138 Å². The van der Waals surface area contributed by atoms with E-state index in [0.29, 0.717) is 29.2 Å². The zero-order valence-electron chi connectivity index (χ0n) is 12.6. The Morgan fingerprint density at radius 2 is 2.09 bits per heavy atom. The van der Waals surface area contributed by atoms with E-state index in [0.717, 1.165) is 16.5 Å². The molecule has 0 fully saturated rings. The average molecular weight is 331 g/mol. The molecule has 0 saturated carbocycles. The van der Waals surface area contributed by atoms with E-state index >= 15 is 0 Å². The molecule has 2 N–H and O–H groups in total. The van der Waals surface area contributed by atoms with Gasteiger partial charge in [0.25, 0.3) is 5.91 Å². The molecular formula is C18H16ClFN2O. The van der Waals surface area contributed by atoms with Crippen LogP contribution in [0.3, 0.4) is 0 Å². The predicted molar refractivity (Wildman–Crippen MR) is 90.5 cm³/mol. The summed E-state index contributed by atoms with van der Waals surface area (Å²) in [5, 5.41) is 4.41. The lowest BCUT2D eigenvalue weighted by atomic mass is 10.1. The third-order valence-electron chi connectivity index (χ3n) is 3.84. The Balaban J connectivity index is 1.70. The number of fused-ring (bicyclic) bond motifs is 1. The van der Waals surface area contributed by atoms with Crippen molar-refractivity contribution in [1.82, 2.24) is 10.3 Å². The Bertz CT molecular complexity index is 873. The maximum Gasteiger partial charge on any atom is 0.268 e. The molecule has 3 aromatic rings. The van der Waals surface area contributed by atoms with Crippen molar-refractivity contribution in [2.75, 3.05) is 6.54 Å². The highest BCUT2D eigenvalue weighted by Gasteiger charge is 2.14. The van der Waals surface area contributed by atoms with Gasteiger partial charge in [-0.15, -0.1) is 0 Å². The Kier molecular flexibility index (Phi) is 4.35. The predicted octanol–water partition coefficient (Wildman–Crippen LogP) is 4.24. The van der Waals surface area contributed by atoms with Crippen LogP contribution in [-0.2, 0) is 6.42 Å². The number of aromatic nitrogens is 1. The third-order valence-corrected chi connectivity index (χ3v) is 4.07. The van der Waals surface area contributed by atoms with Crippen LogP contribution in [0.4, 0.5) is 4.39 Å². The van der Waals surface area contributed by atoms with Gasteiger partial charge >= 0.3 is 0 Å². The second-order valence-electron chi connectivity index (χ2n) is 5.45. The molecule has 3 nitrogen and oxygen atoms in total. The van der Waals surface area contributed by atoms with Crippen LogP contribution in [0, 0.1) is 12.7 Å². The van der Waals surface area contributed by atoms with Gasteiger partial charge in [-0.1, -0.05) is 23.7 Å². The highest BCUT2D eigenvalue weighted by Crippen LogP contribution is 2.22. The minimum absolute atomic E-state index is 0.193. The molecule has 118 valence electrons. The van der Waals surface area contributed by atoms with Crippen molar-refractivity contribution < 1.29 is 9.18 Å². The van der Waals surface area contributed by atoms with Crippen molar-refractivity contribution in [1.29, 1.82) is 0 Å². The SMILES string of the molecule is Cc1c(C(=O)NCCc2cccc(Cl)c2)[nH]c2cc(F)ccc12. The summed E-state index contributed by atoms with van der Waals surface area (Å²) in [6, 6.07) is 12.0. The van der Waals surface area contributed by atoms with Crippen molar-refractivity contribution in [3.63, 3.8) is 0 Å². The smallest absolute Gasteiger partial charge is 0.268 e. The first kappa shape index (κ1) is 15.6. The summed E-state index contributed by atoms with van der Waals surface area (Å²) in [6.45, 7) is 2.35. The van der Waals surface area contributed by atoms with E-state index < -0.39 is 0 Å². The number of amides is 1. The second kappa shape index (κ2) is 6.42. The van der Waals surface area contributed by atoms with E-state index in [1.807, 2.05) is 31.2 Å². The van der Waals surface area contributed by atoms with E-state index in [2.05, 4.69) is 10.3 Å². The standard InChI is InChI=1S/C18H16ClFN2O/c1-11-15-6-5-14(20)10-16(15)22-17(11)18(23)21-8-7-12-3-2-4-13(19)9-12/h2-6,9-10,22H,7-8H2,1H3,(H,21,23). The highest BCUT2D eigenvalue weighted by atomic mass is 35.5. The molecular weight excluding hydrogens is 315 g/mol. The monoisotopic (exact) mass is 330 g/mol. The molecule has 0 atom stereocenters. The van der Waals surface area contributed by atoms with E-state index in [1.165, 1.54) is 12.1 Å².